The maximum absolute atomic E-state index is 5.33. The lowest BCUT2D eigenvalue weighted by molar-refractivity contribution is 0.0223. The molecule has 0 atom stereocenters. The Hall–Kier alpha value is -0.850. The number of rotatable bonds is 5. The van der Waals surface area contributed by atoms with Crippen molar-refractivity contribution in [3.63, 3.8) is 0 Å². The monoisotopic (exact) mass is 216 g/mol. The third-order valence-corrected chi connectivity index (χ3v) is 2.47. The summed E-state index contributed by atoms with van der Waals surface area (Å²) in [7, 11) is 3.38. The van der Waals surface area contributed by atoms with E-state index in [0.717, 1.165) is 12.8 Å². The fraction of sp³-hybridized carbons (Fsp3) is 0.889. The minimum absolute atomic E-state index is 0.375. The SMILES string of the molecule is COCCN=C(NN)NC1CC(OC)C1. The molecule has 1 aliphatic carbocycles. The Morgan fingerprint density at radius 3 is 2.73 bits per heavy atom. The molecular formula is C9H20N4O2. The molecule has 0 saturated heterocycles. The highest BCUT2D eigenvalue weighted by Crippen LogP contribution is 2.22. The first-order valence-corrected chi connectivity index (χ1v) is 5.09. The van der Waals surface area contributed by atoms with E-state index in [0.29, 0.717) is 31.3 Å². The maximum atomic E-state index is 5.33. The van der Waals surface area contributed by atoms with Crippen LogP contribution >= 0.6 is 0 Å². The van der Waals surface area contributed by atoms with E-state index in [1.54, 1.807) is 14.2 Å². The van der Waals surface area contributed by atoms with Gasteiger partial charge in [-0.3, -0.25) is 5.43 Å². The number of aliphatic imine (C=N–C) groups is 1. The van der Waals surface area contributed by atoms with Crippen LogP contribution in [-0.2, 0) is 9.47 Å². The van der Waals surface area contributed by atoms with E-state index in [1.165, 1.54) is 0 Å². The summed E-state index contributed by atoms with van der Waals surface area (Å²) in [6, 6.07) is 0.410. The highest BCUT2D eigenvalue weighted by molar-refractivity contribution is 5.79. The summed E-state index contributed by atoms with van der Waals surface area (Å²) in [5.74, 6) is 5.95. The van der Waals surface area contributed by atoms with Crippen LogP contribution in [-0.4, -0.2) is 45.5 Å². The van der Waals surface area contributed by atoms with Crippen LogP contribution in [0.5, 0.6) is 0 Å². The second-order valence-electron chi connectivity index (χ2n) is 3.54. The number of hydrazine groups is 1. The molecule has 1 aliphatic rings. The van der Waals surface area contributed by atoms with Gasteiger partial charge in [0.15, 0.2) is 0 Å². The van der Waals surface area contributed by atoms with Crippen molar-refractivity contribution >= 4 is 5.96 Å². The van der Waals surface area contributed by atoms with Crippen molar-refractivity contribution in [1.82, 2.24) is 10.7 Å². The Labute approximate surface area is 90.2 Å². The zero-order valence-electron chi connectivity index (χ0n) is 9.32. The lowest BCUT2D eigenvalue weighted by Crippen LogP contribution is -2.53. The predicted molar refractivity (Wildman–Crippen MR) is 58.5 cm³/mol. The molecule has 1 rings (SSSR count). The molecule has 6 nitrogen and oxygen atoms in total. The number of nitrogens with one attached hydrogen (secondary N) is 2. The molecule has 0 heterocycles. The van der Waals surface area contributed by atoms with Crippen LogP contribution < -0.4 is 16.6 Å². The van der Waals surface area contributed by atoms with Crippen LogP contribution in [0.4, 0.5) is 0 Å². The molecule has 0 aromatic heterocycles. The van der Waals surface area contributed by atoms with E-state index in [9.17, 15) is 0 Å². The van der Waals surface area contributed by atoms with Crippen LogP contribution in [0.2, 0.25) is 0 Å². The molecule has 0 bridgehead atoms. The van der Waals surface area contributed by atoms with Gasteiger partial charge in [0.1, 0.15) is 0 Å². The fourth-order valence-corrected chi connectivity index (χ4v) is 1.45. The molecular weight excluding hydrogens is 196 g/mol. The van der Waals surface area contributed by atoms with Gasteiger partial charge < -0.3 is 14.8 Å². The lowest BCUT2D eigenvalue weighted by Gasteiger charge is -2.35. The third kappa shape index (κ3) is 4.03. The van der Waals surface area contributed by atoms with Gasteiger partial charge in [-0.15, -0.1) is 0 Å². The van der Waals surface area contributed by atoms with Gasteiger partial charge in [-0.1, -0.05) is 0 Å². The standard InChI is InChI=1S/C9H20N4O2/c1-14-4-3-11-9(13-10)12-7-5-8(6-7)15-2/h7-8H,3-6,10H2,1-2H3,(H2,11,12,13). The summed E-state index contributed by atoms with van der Waals surface area (Å²) in [6.45, 7) is 1.20. The van der Waals surface area contributed by atoms with Crippen molar-refractivity contribution < 1.29 is 9.47 Å². The number of hydrogen-bond donors (Lipinski definition) is 3. The van der Waals surface area contributed by atoms with Crippen LogP contribution in [0.15, 0.2) is 4.99 Å². The fourth-order valence-electron chi connectivity index (χ4n) is 1.45. The smallest absolute Gasteiger partial charge is 0.206 e. The summed E-state index contributed by atoms with van der Waals surface area (Å²) >= 11 is 0. The van der Waals surface area contributed by atoms with E-state index in [-0.39, 0.29) is 0 Å². The molecule has 0 amide bonds. The number of hydrogen-bond acceptors (Lipinski definition) is 4. The van der Waals surface area contributed by atoms with Crippen molar-refractivity contribution in [2.75, 3.05) is 27.4 Å². The number of nitrogens with two attached hydrogens (primary N) is 1. The molecule has 15 heavy (non-hydrogen) atoms. The first-order chi connectivity index (χ1) is 7.30. The average Bonchev–Trinajstić information content (AvgIpc) is 2.20. The van der Waals surface area contributed by atoms with Crippen molar-refractivity contribution in [2.24, 2.45) is 10.8 Å². The van der Waals surface area contributed by atoms with Crippen LogP contribution in [0.3, 0.4) is 0 Å². The summed E-state index contributed by atoms with van der Waals surface area (Å²) in [5.41, 5.74) is 2.54. The van der Waals surface area contributed by atoms with Crippen LogP contribution in [0.1, 0.15) is 12.8 Å². The summed E-state index contributed by atoms with van der Waals surface area (Å²) in [6.07, 6.45) is 2.38. The zero-order valence-corrected chi connectivity index (χ0v) is 9.32. The summed E-state index contributed by atoms with van der Waals surface area (Å²) in [4.78, 5) is 4.21. The van der Waals surface area contributed by atoms with Gasteiger partial charge in [-0.25, -0.2) is 10.8 Å². The lowest BCUT2D eigenvalue weighted by atomic mass is 9.89. The van der Waals surface area contributed by atoms with Gasteiger partial charge in [0.2, 0.25) is 5.96 Å². The van der Waals surface area contributed by atoms with Gasteiger partial charge in [-0.05, 0) is 12.8 Å². The molecule has 4 N–H and O–H groups in total. The van der Waals surface area contributed by atoms with E-state index in [2.05, 4.69) is 15.7 Å². The Kier molecular flexibility index (Phi) is 5.38. The van der Waals surface area contributed by atoms with Crippen molar-refractivity contribution in [1.29, 1.82) is 0 Å². The molecule has 6 heteroatoms. The number of guanidine groups is 1. The average molecular weight is 216 g/mol. The molecule has 88 valence electrons. The van der Waals surface area contributed by atoms with Gasteiger partial charge in [-0.2, -0.15) is 0 Å². The largest absolute Gasteiger partial charge is 0.383 e. The van der Waals surface area contributed by atoms with Crippen LogP contribution in [0.25, 0.3) is 0 Å². The Balaban J connectivity index is 2.19. The van der Waals surface area contributed by atoms with E-state index in [4.69, 9.17) is 15.3 Å². The topological polar surface area (TPSA) is 80.9 Å². The maximum Gasteiger partial charge on any atom is 0.206 e. The minimum atomic E-state index is 0.375. The highest BCUT2D eigenvalue weighted by Gasteiger charge is 2.29. The Morgan fingerprint density at radius 2 is 2.20 bits per heavy atom. The van der Waals surface area contributed by atoms with Gasteiger partial charge in [0.05, 0.1) is 19.3 Å². The molecule has 0 spiro atoms. The Bertz CT molecular complexity index is 204. The molecule has 1 fully saturated rings. The normalized spacial score (nSPS) is 25.9. The van der Waals surface area contributed by atoms with Gasteiger partial charge in [0, 0.05) is 20.3 Å². The quantitative estimate of drug-likeness (QED) is 0.185. The summed E-state index contributed by atoms with van der Waals surface area (Å²) in [5, 5.41) is 3.20. The van der Waals surface area contributed by atoms with E-state index < -0.39 is 0 Å². The molecule has 0 aromatic rings. The Morgan fingerprint density at radius 1 is 1.47 bits per heavy atom. The van der Waals surface area contributed by atoms with Gasteiger partial charge >= 0.3 is 0 Å². The first kappa shape index (κ1) is 12.2. The van der Waals surface area contributed by atoms with Crippen LogP contribution in [0, 0.1) is 0 Å². The molecule has 0 radical (unpaired) electrons. The van der Waals surface area contributed by atoms with Crippen molar-refractivity contribution in [3.8, 4) is 0 Å². The predicted octanol–water partition coefficient (Wildman–Crippen LogP) is -0.781. The number of methoxy groups -OCH3 is 2. The molecule has 0 aromatic carbocycles. The number of nitrogens with zero attached hydrogens (tertiary/aromatic N) is 1. The van der Waals surface area contributed by atoms with Crippen molar-refractivity contribution in [2.45, 2.75) is 25.0 Å². The van der Waals surface area contributed by atoms with E-state index in [1.807, 2.05) is 0 Å². The van der Waals surface area contributed by atoms with Crippen molar-refractivity contribution in [3.05, 3.63) is 0 Å². The third-order valence-electron chi connectivity index (χ3n) is 2.47. The number of ether oxygens (including phenoxy) is 2. The molecule has 0 unspecified atom stereocenters. The van der Waals surface area contributed by atoms with E-state index >= 15 is 0 Å². The second-order valence-corrected chi connectivity index (χ2v) is 3.54. The minimum Gasteiger partial charge on any atom is -0.383 e. The zero-order chi connectivity index (χ0) is 11.1. The molecule has 0 aliphatic heterocycles. The summed E-state index contributed by atoms with van der Waals surface area (Å²) < 4.78 is 10.1. The highest BCUT2D eigenvalue weighted by atomic mass is 16.5. The first-order valence-electron chi connectivity index (χ1n) is 5.09. The molecule has 1 saturated carbocycles. The van der Waals surface area contributed by atoms with Gasteiger partial charge in [0.25, 0.3) is 0 Å². The second kappa shape index (κ2) is 6.60.